The van der Waals surface area contributed by atoms with Gasteiger partial charge in [0, 0.05) is 5.92 Å². The van der Waals surface area contributed by atoms with Crippen molar-refractivity contribution < 1.29 is 4.52 Å². The lowest BCUT2D eigenvalue weighted by molar-refractivity contribution is 0.343. The Morgan fingerprint density at radius 1 is 1.50 bits per heavy atom. The SMILES string of the molecule is O=c1nc(C2CCSCC2)o[nH]1. The molecule has 0 unspecified atom stereocenters. The molecule has 0 radical (unpaired) electrons. The first kappa shape index (κ1) is 7.91. The van der Waals surface area contributed by atoms with Gasteiger partial charge in [0.15, 0.2) is 0 Å². The third-order valence-electron chi connectivity index (χ3n) is 2.03. The molecule has 1 saturated heterocycles. The summed E-state index contributed by atoms with van der Waals surface area (Å²) in [4.78, 5) is 14.4. The molecule has 0 spiro atoms. The minimum Gasteiger partial charge on any atom is -0.362 e. The number of nitrogens with one attached hydrogen (secondary N) is 1. The Hall–Kier alpha value is -0.710. The molecule has 1 aromatic rings. The van der Waals surface area contributed by atoms with Crippen LogP contribution in [0.4, 0.5) is 0 Å². The molecular formula is C7H10N2O2S. The average molecular weight is 186 g/mol. The van der Waals surface area contributed by atoms with Crippen LogP contribution < -0.4 is 5.69 Å². The number of aromatic nitrogens is 2. The number of hydrogen-bond donors (Lipinski definition) is 1. The lowest BCUT2D eigenvalue weighted by atomic mass is 10.0. The van der Waals surface area contributed by atoms with E-state index in [4.69, 9.17) is 4.52 Å². The second kappa shape index (κ2) is 3.35. The van der Waals surface area contributed by atoms with Crippen LogP contribution in [-0.2, 0) is 0 Å². The van der Waals surface area contributed by atoms with Crippen molar-refractivity contribution in [2.24, 2.45) is 0 Å². The van der Waals surface area contributed by atoms with Crippen molar-refractivity contribution in [3.05, 3.63) is 16.4 Å². The quantitative estimate of drug-likeness (QED) is 0.710. The van der Waals surface area contributed by atoms with Crippen LogP contribution in [0.2, 0.25) is 0 Å². The highest BCUT2D eigenvalue weighted by molar-refractivity contribution is 7.99. The van der Waals surface area contributed by atoms with Crippen molar-refractivity contribution in [2.75, 3.05) is 11.5 Å². The summed E-state index contributed by atoms with van der Waals surface area (Å²) in [6.45, 7) is 0. The highest BCUT2D eigenvalue weighted by atomic mass is 32.2. The monoisotopic (exact) mass is 186 g/mol. The van der Waals surface area contributed by atoms with E-state index in [2.05, 4.69) is 10.1 Å². The Labute approximate surface area is 73.7 Å². The van der Waals surface area contributed by atoms with Gasteiger partial charge in [0.05, 0.1) is 0 Å². The normalized spacial score (nSPS) is 19.7. The van der Waals surface area contributed by atoms with E-state index >= 15 is 0 Å². The lowest BCUT2D eigenvalue weighted by Crippen LogP contribution is -2.09. The molecule has 0 aliphatic carbocycles. The molecule has 5 heteroatoms. The molecule has 2 rings (SSSR count). The van der Waals surface area contributed by atoms with Gasteiger partial charge in [-0.25, -0.2) is 4.79 Å². The number of aromatic amines is 1. The van der Waals surface area contributed by atoms with E-state index in [1.54, 1.807) is 0 Å². The molecule has 0 bridgehead atoms. The maximum Gasteiger partial charge on any atom is 0.377 e. The fourth-order valence-corrected chi connectivity index (χ4v) is 2.47. The maximum atomic E-state index is 10.7. The minimum absolute atomic E-state index is 0.352. The standard InChI is InChI=1S/C7H10N2O2S/c10-7-8-6(11-9-7)5-1-3-12-4-2-5/h5H,1-4H2,(H,9,10). The highest BCUT2D eigenvalue weighted by Crippen LogP contribution is 2.29. The van der Waals surface area contributed by atoms with E-state index in [0.29, 0.717) is 11.8 Å². The predicted octanol–water partition coefficient (Wildman–Crippen LogP) is 0.973. The van der Waals surface area contributed by atoms with Crippen LogP contribution in [0, 0.1) is 0 Å². The summed E-state index contributed by atoms with van der Waals surface area (Å²) in [6, 6.07) is 0. The molecule has 0 aromatic carbocycles. The molecule has 1 aliphatic heterocycles. The van der Waals surface area contributed by atoms with E-state index in [1.165, 1.54) is 0 Å². The molecule has 1 aromatic heterocycles. The Balaban J connectivity index is 2.13. The highest BCUT2D eigenvalue weighted by Gasteiger charge is 2.20. The van der Waals surface area contributed by atoms with Gasteiger partial charge < -0.3 is 4.52 Å². The van der Waals surface area contributed by atoms with Gasteiger partial charge in [0.25, 0.3) is 0 Å². The molecule has 12 heavy (non-hydrogen) atoms. The molecule has 1 aliphatic rings. The van der Waals surface area contributed by atoms with E-state index in [0.717, 1.165) is 24.3 Å². The van der Waals surface area contributed by atoms with Crippen molar-refractivity contribution in [1.82, 2.24) is 10.1 Å². The van der Waals surface area contributed by atoms with Crippen molar-refractivity contribution >= 4 is 11.8 Å². The Bertz CT molecular complexity index is 300. The third kappa shape index (κ3) is 1.55. The average Bonchev–Trinajstić information content (AvgIpc) is 2.54. The number of rotatable bonds is 1. The Morgan fingerprint density at radius 2 is 2.25 bits per heavy atom. The fourth-order valence-electron chi connectivity index (χ4n) is 1.36. The van der Waals surface area contributed by atoms with Crippen LogP contribution >= 0.6 is 11.8 Å². The number of H-pyrrole nitrogens is 1. The van der Waals surface area contributed by atoms with Crippen LogP contribution in [0.5, 0.6) is 0 Å². The zero-order chi connectivity index (χ0) is 8.39. The van der Waals surface area contributed by atoms with E-state index in [1.807, 2.05) is 11.8 Å². The Kier molecular flexibility index (Phi) is 2.21. The van der Waals surface area contributed by atoms with Crippen molar-refractivity contribution in [1.29, 1.82) is 0 Å². The fraction of sp³-hybridized carbons (Fsp3) is 0.714. The molecule has 4 nitrogen and oxygen atoms in total. The number of thioether (sulfide) groups is 1. The first-order valence-corrected chi connectivity index (χ1v) is 5.15. The zero-order valence-corrected chi connectivity index (χ0v) is 7.39. The number of hydrogen-bond acceptors (Lipinski definition) is 4. The molecule has 1 N–H and O–H groups in total. The van der Waals surface area contributed by atoms with Crippen LogP contribution in [0.1, 0.15) is 24.7 Å². The van der Waals surface area contributed by atoms with E-state index in [-0.39, 0.29) is 5.69 Å². The Morgan fingerprint density at radius 3 is 2.83 bits per heavy atom. The summed E-state index contributed by atoms with van der Waals surface area (Å²) in [5.74, 6) is 3.22. The largest absolute Gasteiger partial charge is 0.377 e. The van der Waals surface area contributed by atoms with Crippen molar-refractivity contribution in [3.63, 3.8) is 0 Å². The third-order valence-corrected chi connectivity index (χ3v) is 3.07. The zero-order valence-electron chi connectivity index (χ0n) is 6.58. The summed E-state index contributed by atoms with van der Waals surface area (Å²) >= 11 is 1.94. The van der Waals surface area contributed by atoms with Gasteiger partial charge in [0.2, 0.25) is 5.89 Å². The summed E-state index contributed by atoms with van der Waals surface area (Å²) in [6.07, 6.45) is 2.14. The van der Waals surface area contributed by atoms with Crippen LogP contribution in [0.15, 0.2) is 9.32 Å². The molecule has 2 heterocycles. The first-order valence-electron chi connectivity index (χ1n) is 3.99. The summed E-state index contributed by atoms with van der Waals surface area (Å²) < 4.78 is 4.95. The van der Waals surface area contributed by atoms with E-state index < -0.39 is 0 Å². The summed E-state index contributed by atoms with van der Waals surface area (Å²) in [5.41, 5.74) is -0.372. The van der Waals surface area contributed by atoms with Gasteiger partial charge in [-0.3, -0.25) is 0 Å². The second-order valence-electron chi connectivity index (χ2n) is 2.85. The minimum atomic E-state index is -0.372. The number of nitrogens with zero attached hydrogens (tertiary/aromatic N) is 1. The second-order valence-corrected chi connectivity index (χ2v) is 4.07. The van der Waals surface area contributed by atoms with Gasteiger partial charge in [-0.1, -0.05) is 0 Å². The van der Waals surface area contributed by atoms with Gasteiger partial charge in [0.1, 0.15) is 0 Å². The first-order chi connectivity index (χ1) is 5.86. The topological polar surface area (TPSA) is 58.9 Å². The van der Waals surface area contributed by atoms with Gasteiger partial charge >= 0.3 is 5.69 Å². The van der Waals surface area contributed by atoms with Gasteiger partial charge in [-0.05, 0) is 24.3 Å². The van der Waals surface area contributed by atoms with Crippen molar-refractivity contribution in [2.45, 2.75) is 18.8 Å². The summed E-state index contributed by atoms with van der Waals surface area (Å²) in [7, 11) is 0. The van der Waals surface area contributed by atoms with E-state index in [9.17, 15) is 4.79 Å². The molecular weight excluding hydrogens is 176 g/mol. The molecule has 0 atom stereocenters. The van der Waals surface area contributed by atoms with Gasteiger partial charge in [-0.15, -0.1) is 0 Å². The molecule has 1 fully saturated rings. The van der Waals surface area contributed by atoms with Crippen LogP contribution in [-0.4, -0.2) is 21.6 Å². The molecule has 66 valence electrons. The van der Waals surface area contributed by atoms with Crippen LogP contribution in [0.3, 0.4) is 0 Å². The molecule has 0 amide bonds. The van der Waals surface area contributed by atoms with Crippen LogP contribution in [0.25, 0.3) is 0 Å². The lowest BCUT2D eigenvalue weighted by Gasteiger charge is -2.16. The van der Waals surface area contributed by atoms with Gasteiger partial charge in [-0.2, -0.15) is 21.9 Å². The van der Waals surface area contributed by atoms with Crippen molar-refractivity contribution in [3.8, 4) is 0 Å². The smallest absolute Gasteiger partial charge is 0.362 e. The molecule has 0 saturated carbocycles. The maximum absolute atomic E-state index is 10.7. The predicted molar refractivity (Wildman–Crippen MR) is 46.4 cm³/mol. The summed E-state index contributed by atoms with van der Waals surface area (Å²) in [5, 5.41) is 2.22.